The highest BCUT2D eigenvalue weighted by atomic mass is 32.1. The molecule has 15 heavy (non-hydrogen) atoms. The molecule has 0 bridgehead atoms. The zero-order valence-electron chi connectivity index (χ0n) is 9.75. The molecule has 0 aromatic heterocycles. The first kappa shape index (κ1) is 14.4. The Balaban J connectivity index is 4.40. The lowest BCUT2D eigenvalue weighted by atomic mass is 10.0. The summed E-state index contributed by atoms with van der Waals surface area (Å²) in [6, 6.07) is 0. The minimum Gasteiger partial charge on any atom is -0.462 e. The standard InChI is InChI=1S/C11H21NO2S/c1-4-6-7-8(3)9(12)10(15)11(13)14-5-2/h8,15H,4-7,12H2,1-3H3. The molecule has 88 valence electrons. The monoisotopic (exact) mass is 231 g/mol. The van der Waals surface area contributed by atoms with Crippen LogP contribution >= 0.6 is 12.6 Å². The van der Waals surface area contributed by atoms with Gasteiger partial charge < -0.3 is 10.5 Å². The van der Waals surface area contributed by atoms with Crippen molar-refractivity contribution in [3.05, 3.63) is 10.6 Å². The van der Waals surface area contributed by atoms with Gasteiger partial charge in [0.15, 0.2) is 0 Å². The van der Waals surface area contributed by atoms with Crippen molar-refractivity contribution < 1.29 is 9.53 Å². The summed E-state index contributed by atoms with van der Waals surface area (Å²) in [6.07, 6.45) is 3.20. The Bertz CT molecular complexity index is 239. The second kappa shape index (κ2) is 7.63. The second-order valence-corrected chi connectivity index (χ2v) is 4.01. The summed E-state index contributed by atoms with van der Waals surface area (Å²) in [7, 11) is 0. The van der Waals surface area contributed by atoms with E-state index in [-0.39, 0.29) is 10.8 Å². The summed E-state index contributed by atoms with van der Waals surface area (Å²) in [4.78, 5) is 11.6. The molecule has 0 radical (unpaired) electrons. The predicted molar refractivity (Wildman–Crippen MR) is 65.5 cm³/mol. The van der Waals surface area contributed by atoms with E-state index in [1.165, 1.54) is 0 Å². The second-order valence-electron chi connectivity index (χ2n) is 3.57. The van der Waals surface area contributed by atoms with Crippen LogP contribution in [0.1, 0.15) is 40.0 Å². The lowest BCUT2D eigenvalue weighted by molar-refractivity contribution is -0.137. The Labute approximate surface area is 97.5 Å². The lowest BCUT2D eigenvalue weighted by Gasteiger charge is -2.13. The SMILES string of the molecule is CCCCC(C)C(N)=C(S)C(=O)OCC. The Morgan fingerprint density at radius 1 is 1.47 bits per heavy atom. The van der Waals surface area contributed by atoms with Gasteiger partial charge in [-0.15, -0.1) is 12.6 Å². The van der Waals surface area contributed by atoms with E-state index in [1.54, 1.807) is 6.92 Å². The van der Waals surface area contributed by atoms with E-state index in [0.29, 0.717) is 12.3 Å². The van der Waals surface area contributed by atoms with E-state index in [1.807, 2.05) is 6.92 Å². The molecule has 1 atom stereocenters. The summed E-state index contributed by atoms with van der Waals surface area (Å²) in [5.74, 6) is -0.247. The van der Waals surface area contributed by atoms with Crippen molar-refractivity contribution in [3.63, 3.8) is 0 Å². The van der Waals surface area contributed by atoms with E-state index in [9.17, 15) is 4.79 Å². The third-order valence-electron chi connectivity index (χ3n) is 2.26. The van der Waals surface area contributed by atoms with E-state index < -0.39 is 5.97 Å². The summed E-state index contributed by atoms with van der Waals surface area (Å²) in [6.45, 7) is 6.23. The van der Waals surface area contributed by atoms with Gasteiger partial charge in [0.05, 0.1) is 6.61 Å². The topological polar surface area (TPSA) is 52.3 Å². The van der Waals surface area contributed by atoms with Crippen molar-refractivity contribution in [1.82, 2.24) is 0 Å². The van der Waals surface area contributed by atoms with Gasteiger partial charge in [-0.1, -0.05) is 26.7 Å². The molecule has 0 aliphatic rings. The first-order valence-corrected chi connectivity index (χ1v) is 5.84. The van der Waals surface area contributed by atoms with Gasteiger partial charge in [0.25, 0.3) is 0 Å². The van der Waals surface area contributed by atoms with E-state index >= 15 is 0 Å². The number of nitrogens with two attached hydrogens (primary N) is 1. The predicted octanol–water partition coefficient (Wildman–Crippen LogP) is 2.48. The Hall–Kier alpha value is -0.640. The Kier molecular flexibility index (Phi) is 7.30. The fraction of sp³-hybridized carbons (Fsp3) is 0.727. The van der Waals surface area contributed by atoms with Crippen LogP contribution in [0.25, 0.3) is 0 Å². The molecule has 0 heterocycles. The van der Waals surface area contributed by atoms with Gasteiger partial charge in [-0.05, 0) is 19.3 Å². The van der Waals surface area contributed by atoms with Gasteiger partial charge >= 0.3 is 5.97 Å². The highest BCUT2D eigenvalue weighted by molar-refractivity contribution is 7.85. The lowest BCUT2D eigenvalue weighted by Crippen LogP contribution is -2.16. The fourth-order valence-electron chi connectivity index (χ4n) is 1.22. The van der Waals surface area contributed by atoms with E-state index in [4.69, 9.17) is 10.5 Å². The Morgan fingerprint density at radius 2 is 2.07 bits per heavy atom. The van der Waals surface area contributed by atoms with Crippen LogP contribution < -0.4 is 5.73 Å². The highest BCUT2D eigenvalue weighted by Crippen LogP contribution is 2.19. The van der Waals surface area contributed by atoms with Crippen LogP contribution in [0.4, 0.5) is 0 Å². The van der Waals surface area contributed by atoms with E-state index in [0.717, 1.165) is 19.3 Å². The average Bonchev–Trinajstić information content (AvgIpc) is 2.24. The molecule has 1 unspecified atom stereocenters. The van der Waals surface area contributed by atoms with Gasteiger partial charge in [-0.3, -0.25) is 0 Å². The zero-order chi connectivity index (χ0) is 11.8. The zero-order valence-corrected chi connectivity index (χ0v) is 10.6. The maximum atomic E-state index is 11.3. The molecule has 0 amide bonds. The summed E-state index contributed by atoms with van der Waals surface area (Å²) < 4.78 is 4.83. The highest BCUT2D eigenvalue weighted by Gasteiger charge is 2.15. The van der Waals surface area contributed by atoms with Gasteiger partial charge in [0, 0.05) is 5.70 Å². The largest absolute Gasteiger partial charge is 0.462 e. The third kappa shape index (κ3) is 5.11. The molecule has 4 heteroatoms. The number of allylic oxidation sites excluding steroid dienone is 1. The number of hydrogen-bond donors (Lipinski definition) is 2. The summed E-state index contributed by atoms with van der Waals surface area (Å²) in [5.41, 5.74) is 6.37. The van der Waals surface area contributed by atoms with Crippen molar-refractivity contribution in [3.8, 4) is 0 Å². The molecular weight excluding hydrogens is 210 g/mol. The maximum absolute atomic E-state index is 11.3. The minimum atomic E-state index is -0.429. The van der Waals surface area contributed by atoms with Crippen LogP contribution in [0, 0.1) is 5.92 Å². The number of hydrogen-bond acceptors (Lipinski definition) is 4. The first-order valence-electron chi connectivity index (χ1n) is 5.40. The molecule has 0 aliphatic heterocycles. The fourth-order valence-corrected chi connectivity index (χ4v) is 1.50. The van der Waals surface area contributed by atoms with Crippen LogP contribution in [0.5, 0.6) is 0 Å². The van der Waals surface area contributed by atoms with Crippen molar-refractivity contribution in [2.24, 2.45) is 11.7 Å². The number of carbonyl (C=O) groups excluding carboxylic acids is 1. The molecular formula is C11H21NO2S. The maximum Gasteiger partial charge on any atom is 0.346 e. The normalized spacial score (nSPS) is 14.4. The summed E-state index contributed by atoms with van der Waals surface area (Å²) in [5, 5.41) is 0. The van der Waals surface area contributed by atoms with Crippen LogP contribution in [0.2, 0.25) is 0 Å². The van der Waals surface area contributed by atoms with E-state index in [2.05, 4.69) is 19.6 Å². The Morgan fingerprint density at radius 3 is 2.53 bits per heavy atom. The first-order chi connectivity index (χ1) is 7.04. The summed E-state index contributed by atoms with van der Waals surface area (Å²) >= 11 is 4.10. The molecule has 0 aromatic carbocycles. The van der Waals surface area contributed by atoms with Crippen molar-refractivity contribution in [2.45, 2.75) is 40.0 Å². The molecule has 2 N–H and O–H groups in total. The minimum absolute atomic E-state index is 0.182. The molecule has 0 aliphatic carbocycles. The molecule has 0 spiro atoms. The van der Waals surface area contributed by atoms with Gasteiger partial charge in [-0.25, -0.2) is 4.79 Å². The number of esters is 1. The third-order valence-corrected chi connectivity index (χ3v) is 2.70. The van der Waals surface area contributed by atoms with Gasteiger partial charge in [0.1, 0.15) is 4.91 Å². The molecule has 0 fully saturated rings. The quantitative estimate of drug-likeness (QED) is 0.419. The molecule has 3 nitrogen and oxygen atoms in total. The molecule has 0 saturated carbocycles. The van der Waals surface area contributed by atoms with Crippen LogP contribution in [-0.4, -0.2) is 12.6 Å². The molecule has 0 saturated heterocycles. The number of thiol groups is 1. The van der Waals surface area contributed by atoms with Crippen molar-refractivity contribution >= 4 is 18.6 Å². The number of unbranched alkanes of at least 4 members (excludes halogenated alkanes) is 1. The molecule has 0 aromatic rings. The number of rotatable bonds is 6. The number of carbonyl (C=O) groups is 1. The van der Waals surface area contributed by atoms with Crippen LogP contribution in [-0.2, 0) is 9.53 Å². The van der Waals surface area contributed by atoms with Crippen LogP contribution in [0.15, 0.2) is 10.6 Å². The van der Waals surface area contributed by atoms with Gasteiger partial charge in [-0.2, -0.15) is 0 Å². The van der Waals surface area contributed by atoms with Crippen LogP contribution in [0.3, 0.4) is 0 Å². The van der Waals surface area contributed by atoms with Crippen molar-refractivity contribution in [2.75, 3.05) is 6.61 Å². The smallest absolute Gasteiger partial charge is 0.346 e. The molecule has 0 rings (SSSR count). The average molecular weight is 231 g/mol. The van der Waals surface area contributed by atoms with Gasteiger partial charge in [0.2, 0.25) is 0 Å². The van der Waals surface area contributed by atoms with Crippen molar-refractivity contribution in [1.29, 1.82) is 0 Å². The number of ether oxygens (including phenoxy) is 1.